The largest absolute Gasteiger partial charge is 0.490 e. The van der Waals surface area contributed by atoms with Crippen molar-refractivity contribution in [3.05, 3.63) is 69.8 Å². The lowest BCUT2D eigenvalue weighted by Crippen LogP contribution is -2.29. The maximum absolute atomic E-state index is 12.9. The van der Waals surface area contributed by atoms with E-state index in [0.29, 0.717) is 6.61 Å². The summed E-state index contributed by atoms with van der Waals surface area (Å²) in [5, 5.41) is 1.99. The van der Waals surface area contributed by atoms with Crippen LogP contribution < -0.4 is 20.9 Å². The molecule has 30 heavy (non-hydrogen) atoms. The van der Waals surface area contributed by atoms with Crippen LogP contribution >= 0.6 is 11.3 Å². The second-order valence-corrected chi connectivity index (χ2v) is 7.56. The Labute approximate surface area is 179 Å². The molecule has 4 aromatic rings. The Morgan fingerprint density at radius 2 is 1.87 bits per heavy atom. The first-order valence-corrected chi connectivity index (χ1v) is 10.9. The number of fused-ring (bicyclic) bond motifs is 2. The molecular weight excluding hydrogens is 396 g/mol. The molecule has 2 aromatic heterocycles. The number of aryl methyl sites for hydroxylation is 1. The van der Waals surface area contributed by atoms with Crippen molar-refractivity contribution < 1.29 is 4.74 Å². The van der Waals surface area contributed by atoms with Crippen LogP contribution in [0.15, 0.2) is 58.7 Å². The molecule has 1 aliphatic rings. The lowest BCUT2D eigenvalue weighted by atomic mass is 10.1. The van der Waals surface area contributed by atoms with Gasteiger partial charge in [0.1, 0.15) is 17.2 Å². The minimum atomic E-state index is -0.308. The van der Waals surface area contributed by atoms with Crippen molar-refractivity contribution in [1.82, 2.24) is 9.55 Å². The molecule has 7 heteroatoms. The number of nitrogen functional groups attached to an aromatic ring is 1. The van der Waals surface area contributed by atoms with Gasteiger partial charge in [-0.2, -0.15) is 0 Å². The van der Waals surface area contributed by atoms with E-state index >= 15 is 0 Å². The molecule has 2 aromatic carbocycles. The third-order valence-corrected chi connectivity index (χ3v) is 5.90. The van der Waals surface area contributed by atoms with Crippen LogP contribution in [0.2, 0.25) is 0 Å². The molecule has 154 valence electrons. The maximum atomic E-state index is 12.9. The molecule has 0 unspecified atom stereocenters. The van der Waals surface area contributed by atoms with Crippen LogP contribution in [0.5, 0.6) is 5.75 Å². The highest BCUT2D eigenvalue weighted by Gasteiger charge is 2.22. The predicted octanol–water partition coefficient (Wildman–Crippen LogP) is 4.89. The molecule has 5 rings (SSSR count). The van der Waals surface area contributed by atoms with E-state index < -0.39 is 0 Å². The Bertz CT molecular complexity index is 1250. The summed E-state index contributed by atoms with van der Waals surface area (Å²) in [5.41, 5.74) is 10.2. The van der Waals surface area contributed by atoms with E-state index in [1.165, 1.54) is 11.3 Å². The molecule has 0 spiro atoms. The van der Waals surface area contributed by atoms with E-state index in [2.05, 4.69) is 22.0 Å². The number of nitrogens with two attached hydrogens (primary N) is 1. The van der Waals surface area contributed by atoms with E-state index in [4.69, 9.17) is 10.5 Å². The number of aromatic nitrogens is 2. The molecule has 6 nitrogen and oxygen atoms in total. The fourth-order valence-electron chi connectivity index (χ4n) is 3.62. The van der Waals surface area contributed by atoms with Gasteiger partial charge in [0.05, 0.1) is 23.4 Å². The lowest BCUT2D eigenvalue weighted by Gasteiger charge is -2.31. The summed E-state index contributed by atoms with van der Waals surface area (Å²) in [6, 6.07) is 16.0. The van der Waals surface area contributed by atoms with Crippen molar-refractivity contribution in [2.45, 2.75) is 20.8 Å². The number of ether oxygens (including phenoxy) is 1. The second kappa shape index (κ2) is 8.20. The summed E-state index contributed by atoms with van der Waals surface area (Å²) in [6.45, 7) is 7.32. The average molecular weight is 421 g/mol. The van der Waals surface area contributed by atoms with Crippen LogP contribution in [0.3, 0.4) is 0 Å². The monoisotopic (exact) mass is 420 g/mol. The normalized spacial score (nSPS) is 12.7. The quantitative estimate of drug-likeness (QED) is 0.500. The Morgan fingerprint density at radius 1 is 1.10 bits per heavy atom. The molecule has 0 atom stereocenters. The van der Waals surface area contributed by atoms with Crippen LogP contribution in [0.4, 0.5) is 17.2 Å². The first-order chi connectivity index (χ1) is 14.6. The van der Waals surface area contributed by atoms with Crippen LogP contribution in [0.25, 0.3) is 16.0 Å². The van der Waals surface area contributed by atoms with Crippen molar-refractivity contribution in [2.24, 2.45) is 0 Å². The molecule has 0 fully saturated rings. The summed E-state index contributed by atoms with van der Waals surface area (Å²) in [7, 11) is 0. The van der Waals surface area contributed by atoms with Crippen LogP contribution in [-0.2, 0) is 0 Å². The van der Waals surface area contributed by atoms with Crippen molar-refractivity contribution >= 4 is 38.9 Å². The van der Waals surface area contributed by atoms with Gasteiger partial charge in [-0.05, 0) is 48.2 Å². The Hall–Kier alpha value is -3.32. The summed E-state index contributed by atoms with van der Waals surface area (Å²) >= 11 is 1.49. The topological polar surface area (TPSA) is 73.4 Å². The molecule has 0 bridgehead atoms. The zero-order valence-electron chi connectivity index (χ0n) is 17.3. The summed E-state index contributed by atoms with van der Waals surface area (Å²) in [6.07, 6.45) is 0. The van der Waals surface area contributed by atoms with Crippen LogP contribution in [0, 0.1) is 6.92 Å². The highest BCUT2D eigenvalue weighted by Crippen LogP contribution is 2.38. The molecule has 0 aliphatic carbocycles. The number of benzene rings is 2. The van der Waals surface area contributed by atoms with Gasteiger partial charge >= 0.3 is 0 Å². The predicted molar refractivity (Wildman–Crippen MR) is 125 cm³/mol. The zero-order chi connectivity index (χ0) is 21.3. The lowest BCUT2D eigenvalue weighted by molar-refractivity contribution is 0.314. The number of nitrogens with zero attached hydrogens (tertiary/aromatic N) is 3. The van der Waals surface area contributed by atoms with Gasteiger partial charge in [0, 0.05) is 5.69 Å². The summed E-state index contributed by atoms with van der Waals surface area (Å²) < 4.78 is 7.51. The van der Waals surface area contributed by atoms with Crippen molar-refractivity contribution in [2.75, 3.05) is 23.8 Å². The van der Waals surface area contributed by atoms with Gasteiger partial charge in [-0.15, -0.1) is 11.3 Å². The van der Waals surface area contributed by atoms with Crippen molar-refractivity contribution in [3.8, 4) is 11.4 Å². The molecule has 3 heterocycles. The number of para-hydroxylation sites is 1. The molecule has 0 saturated heterocycles. The minimum absolute atomic E-state index is 0.00300. The van der Waals surface area contributed by atoms with E-state index in [0.717, 1.165) is 45.3 Å². The third kappa shape index (κ3) is 3.31. The average Bonchev–Trinajstić information content (AvgIpc) is 3.15. The minimum Gasteiger partial charge on any atom is -0.490 e. The number of hydrogen-bond donors (Lipinski definition) is 1. The second-order valence-electron chi connectivity index (χ2n) is 6.70. The molecule has 1 aliphatic heterocycles. The standard InChI is InChI=1S/C21H18N4O2S.C2H6/c1-13-12-28-20-18(13)25(21(26)19(22)23-20)15-7-8-17-16(11-15)24(9-10-27-17)14-5-3-2-4-6-14;1-2/h2-8,11-12H,9-10H2,1H3,(H2,22,23);1-2H3. The molecule has 0 amide bonds. The van der Waals surface area contributed by atoms with E-state index in [9.17, 15) is 4.79 Å². The van der Waals surface area contributed by atoms with Gasteiger partial charge in [0.15, 0.2) is 5.82 Å². The first-order valence-electron chi connectivity index (χ1n) is 9.99. The molecular formula is C23H24N4O2S. The Morgan fingerprint density at radius 3 is 2.63 bits per heavy atom. The van der Waals surface area contributed by atoms with Crippen molar-refractivity contribution in [1.29, 1.82) is 0 Å². The van der Waals surface area contributed by atoms with E-state index in [1.54, 1.807) is 4.57 Å². The Balaban J connectivity index is 0.00000106. The van der Waals surface area contributed by atoms with E-state index in [-0.39, 0.29) is 11.4 Å². The highest BCUT2D eigenvalue weighted by molar-refractivity contribution is 7.16. The van der Waals surface area contributed by atoms with Crippen LogP contribution in [0.1, 0.15) is 19.4 Å². The van der Waals surface area contributed by atoms with Gasteiger partial charge in [0.25, 0.3) is 5.56 Å². The number of thiophene rings is 1. The van der Waals surface area contributed by atoms with Gasteiger partial charge in [-0.1, -0.05) is 32.0 Å². The van der Waals surface area contributed by atoms with Crippen LogP contribution in [-0.4, -0.2) is 22.7 Å². The summed E-state index contributed by atoms with van der Waals surface area (Å²) in [5.74, 6) is 0.801. The van der Waals surface area contributed by atoms with Gasteiger partial charge < -0.3 is 15.4 Å². The number of hydrogen-bond acceptors (Lipinski definition) is 6. The molecule has 0 saturated carbocycles. The zero-order valence-corrected chi connectivity index (χ0v) is 18.1. The van der Waals surface area contributed by atoms with Gasteiger partial charge in [-0.25, -0.2) is 4.98 Å². The first kappa shape index (κ1) is 20.0. The smallest absolute Gasteiger partial charge is 0.298 e. The SMILES string of the molecule is CC.Cc1csc2nc(N)c(=O)n(-c3ccc4c(c3)N(c3ccccc3)CCO4)c12. The molecule has 0 radical (unpaired) electrons. The number of anilines is 3. The maximum Gasteiger partial charge on any atom is 0.298 e. The fourth-order valence-corrected chi connectivity index (χ4v) is 4.53. The summed E-state index contributed by atoms with van der Waals surface area (Å²) in [4.78, 5) is 20.1. The number of rotatable bonds is 2. The van der Waals surface area contributed by atoms with Crippen molar-refractivity contribution in [3.63, 3.8) is 0 Å². The van der Waals surface area contributed by atoms with E-state index in [1.807, 2.05) is 62.5 Å². The Kier molecular flexibility index (Phi) is 5.46. The fraction of sp³-hybridized carbons (Fsp3) is 0.217. The highest BCUT2D eigenvalue weighted by atomic mass is 32.1. The third-order valence-electron chi connectivity index (χ3n) is 4.92. The molecule has 2 N–H and O–H groups in total. The van der Waals surface area contributed by atoms with Gasteiger partial charge in [-0.3, -0.25) is 9.36 Å². The van der Waals surface area contributed by atoms with Gasteiger partial charge in [0.2, 0.25) is 0 Å².